The lowest BCUT2D eigenvalue weighted by molar-refractivity contribution is 0.395. The smallest absolute Gasteiger partial charge is 0.162 e. The van der Waals surface area contributed by atoms with E-state index < -0.39 is 0 Å². The van der Waals surface area contributed by atoms with Crippen molar-refractivity contribution in [1.29, 1.82) is 0 Å². The Bertz CT molecular complexity index is 1030. The summed E-state index contributed by atoms with van der Waals surface area (Å²) in [6.07, 6.45) is 8.03. The van der Waals surface area contributed by atoms with Gasteiger partial charge in [-0.25, -0.2) is 15.0 Å². The molecule has 0 spiro atoms. The molecule has 1 aliphatic rings. The molecule has 5 nitrogen and oxygen atoms in total. The van der Waals surface area contributed by atoms with E-state index >= 15 is 0 Å². The van der Waals surface area contributed by atoms with Crippen molar-refractivity contribution >= 4 is 16.7 Å². The number of fused-ring (bicyclic) bond motifs is 1. The molecule has 0 saturated carbocycles. The van der Waals surface area contributed by atoms with Gasteiger partial charge in [0.1, 0.15) is 5.82 Å². The zero-order valence-corrected chi connectivity index (χ0v) is 15.1. The zero-order chi connectivity index (χ0) is 18.1. The van der Waals surface area contributed by atoms with Crippen LogP contribution in [-0.2, 0) is 0 Å². The molecular formula is C22H21N5. The molecule has 0 unspecified atom stereocenters. The molecule has 1 fully saturated rings. The van der Waals surface area contributed by atoms with Gasteiger partial charge in [0.15, 0.2) is 5.82 Å². The summed E-state index contributed by atoms with van der Waals surface area (Å²) in [4.78, 5) is 16.4. The first-order valence-electron chi connectivity index (χ1n) is 9.43. The lowest BCUT2D eigenvalue weighted by Crippen LogP contribution is -2.35. The second-order valence-electron chi connectivity index (χ2n) is 6.98. The largest absolute Gasteiger partial charge is 0.356 e. The van der Waals surface area contributed by atoms with Crippen molar-refractivity contribution in [3.63, 3.8) is 0 Å². The highest BCUT2D eigenvalue weighted by molar-refractivity contribution is 5.91. The SMILES string of the molecule is c1ccc(-c2nc(N3CCC(n4ccnc4)CC3)c3ccccc3n2)cc1. The summed E-state index contributed by atoms with van der Waals surface area (Å²) in [5.74, 6) is 1.84. The molecule has 27 heavy (non-hydrogen) atoms. The third-order valence-electron chi connectivity index (χ3n) is 5.33. The first kappa shape index (κ1) is 16.0. The van der Waals surface area contributed by atoms with E-state index in [-0.39, 0.29) is 0 Å². The van der Waals surface area contributed by atoms with E-state index in [1.54, 1.807) is 0 Å². The lowest BCUT2D eigenvalue weighted by atomic mass is 10.0. The second kappa shape index (κ2) is 6.83. The van der Waals surface area contributed by atoms with Crippen LogP contribution in [0, 0.1) is 0 Å². The van der Waals surface area contributed by atoms with Gasteiger partial charge >= 0.3 is 0 Å². The fourth-order valence-electron chi connectivity index (χ4n) is 3.88. The van der Waals surface area contributed by atoms with Crippen LogP contribution in [0.15, 0.2) is 73.3 Å². The van der Waals surface area contributed by atoms with Crippen molar-refractivity contribution in [1.82, 2.24) is 19.5 Å². The number of imidazole rings is 1. The molecule has 0 N–H and O–H groups in total. The van der Waals surface area contributed by atoms with Gasteiger partial charge in [0.05, 0.1) is 11.8 Å². The molecule has 0 radical (unpaired) electrons. The van der Waals surface area contributed by atoms with E-state index in [4.69, 9.17) is 9.97 Å². The lowest BCUT2D eigenvalue weighted by Gasteiger charge is -2.34. The summed E-state index contributed by atoms with van der Waals surface area (Å²) in [6.45, 7) is 1.97. The van der Waals surface area contributed by atoms with Gasteiger partial charge in [0.2, 0.25) is 0 Å². The number of hydrogen-bond donors (Lipinski definition) is 0. The predicted molar refractivity (Wildman–Crippen MR) is 108 cm³/mol. The number of anilines is 1. The molecule has 0 atom stereocenters. The summed E-state index contributed by atoms with van der Waals surface area (Å²) in [6, 6.07) is 19.0. The highest BCUT2D eigenvalue weighted by atomic mass is 15.2. The molecule has 0 amide bonds. The van der Waals surface area contributed by atoms with Crippen LogP contribution in [0.3, 0.4) is 0 Å². The van der Waals surface area contributed by atoms with E-state index in [0.29, 0.717) is 6.04 Å². The van der Waals surface area contributed by atoms with Crippen molar-refractivity contribution in [2.75, 3.05) is 18.0 Å². The quantitative estimate of drug-likeness (QED) is 0.549. The Hall–Kier alpha value is -3.21. The highest BCUT2D eigenvalue weighted by Crippen LogP contribution is 2.31. The van der Waals surface area contributed by atoms with E-state index in [1.807, 2.05) is 36.8 Å². The number of piperidine rings is 1. The maximum Gasteiger partial charge on any atom is 0.162 e. The summed E-state index contributed by atoms with van der Waals surface area (Å²) in [7, 11) is 0. The average molecular weight is 355 g/mol. The van der Waals surface area contributed by atoms with Crippen LogP contribution >= 0.6 is 0 Å². The number of aromatic nitrogens is 4. The van der Waals surface area contributed by atoms with Crippen LogP contribution in [0.25, 0.3) is 22.3 Å². The van der Waals surface area contributed by atoms with E-state index in [0.717, 1.165) is 54.0 Å². The Labute approximate surface area is 158 Å². The molecule has 0 aliphatic carbocycles. The van der Waals surface area contributed by atoms with Crippen LogP contribution in [0.5, 0.6) is 0 Å². The van der Waals surface area contributed by atoms with Gasteiger partial charge in [-0.2, -0.15) is 0 Å². The molecule has 5 heteroatoms. The third kappa shape index (κ3) is 3.05. The molecule has 5 rings (SSSR count). The van der Waals surface area contributed by atoms with Crippen LogP contribution < -0.4 is 4.90 Å². The molecule has 2 aromatic carbocycles. The zero-order valence-electron chi connectivity index (χ0n) is 15.1. The minimum absolute atomic E-state index is 0.519. The van der Waals surface area contributed by atoms with Crippen LogP contribution in [-0.4, -0.2) is 32.6 Å². The predicted octanol–water partition coefficient (Wildman–Crippen LogP) is 4.33. The molecule has 1 aliphatic heterocycles. The molecule has 134 valence electrons. The van der Waals surface area contributed by atoms with Gasteiger partial charge in [0.25, 0.3) is 0 Å². The molecule has 4 aromatic rings. The first-order valence-corrected chi connectivity index (χ1v) is 9.43. The van der Waals surface area contributed by atoms with Gasteiger partial charge in [-0.05, 0) is 25.0 Å². The van der Waals surface area contributed by atoms with Crippen molar-refractivity contribution in [3.05, 3.63) is 73.3 Å². The fraction of sp³-hybridized carbons (Fsp3) is 0.227. The van der Waals surface area contributed by atoms with Gasteiger partial charge in [-0.3, -0.25) is 0 Å². The van der Waals surface area contributed by atoms with Crippen LogP contribution in [0.2, 0.25) is 0 Å². The van der Waals surface area contributed by atoms with Crippen molar-refractivity contribution in [2.45, 2.75) is 18.9 Å². The summed E-state index contributed by atoms with van der Waals surface area (Å²) in [5.41, 5.74) is 2.05. The summed E-state index contributed by atoms with van der Waals surface area (Å²) < 4.78 is 2.23. The van der Waals surface area contributed by atoms with Crippen molar-refractivity contribution < 1.29 is 0 Å². The highest BCUT2D eigenvalue weighted by Gasteiger charge is 2.23. The second-order valence-corrected chi connectivity index (χ2v) is 6.98. The summed E-state index contributed by atoms with van der Waals surface area (Å²) in [5, 5.41) is 1.12. The molecule has 2 aromatic heterocycles. The maximum atomic E-state index is 4.98. The average Bonchev–Trinajstić information content (AvgIpc) is 3.29. The van der Waals surface area contributed by atoms with Crippen LogP contribution in [0.1, 0.15) is 18.9 Å². The minimum Gasteiger partial charge on any atom is -0.356 e. The van der Waals surface area contributed by atoms with E-state index in [9.17, 15) is 0 Å². The Morgan fingerprint density at radius 2 is 1.63 bits per heavy atom. The molecular weight excluding hydrogens is 334 g/mol. The fourth-order valence-corrected chi connectivity index (χ4v) is 3.88. The number of hydrogen-bond acceptors (Lipinski definition) is 4. The van der Waals surface area contributed by atoms with Gasteiger partial charge in [-0.1, -0.05) is 42.5 Å². The van der Waals surface area contributed by atoms with Gasteiger partial charge in [0, 0.05) is 42.5 Å². The normalized spacial score (nSPS) is 15.3. The number of benzene rings is 2. The molecule has 1 saturated heterocycles. The number of rotatable bonds is 3. The van der Waals surface area contributed by atoms with Gasteiger partial charge < -0.3 is 9.47 Å². The van der Waals surface area contributed by atoms with Crippen molar-refractivity contribution in [3.8, 4) is 11.4 Å². The monoisotopic (exact) mass is 355 g/mol. The number of para-hydroxylation sites is 1. The summed E-state index contributed by atoms with van der Waals surface area (Å²) >= 11 is 0. The Balaban J connectivity index is 1.51. The van der Waals surface area contributed by atoms with Crippen molar-refractivity contribution in [2.24, 2.45) is 0 Å². The topological polar surface area (TPSA) is 46.8 Å². The first-order chi connectivity index (χ1) is 13.4. The minimum atomic E-state index is 0.519. The molecule has 0 bridgehead atoms. The number of nitrogens with zero attached hydrogens (tertiary/aromatic N) is 5. The Kier molecular flexibility index (Phi) is 4.05. The Morgan fingerprint density at radius 1 is 0.852 bits per heavy atom. The van der Waals surface area contributed by atoms with E-state index in [2.05, 4.69) is 51.0 Å². The standard InChI is InChI=1S/C22H21N5/c1-2-6-17(7-3-1)21-24-20-9-5-4-8-19(20)22(25-21)26-13-10-18(11-14-26)27-15-12-23-16-27/h1-9,12,15-16,18H,10-11,13-14H2. The van der Waals surface area contributed by atoms with Gasteiger partial charge in [-0.15, -0.1) is 0 Å². The Morgan fingerprint density at radius 3 is 2.41 bits per heavy atom. The molecule has 3 heterocycles. The van der Waals surface area contributed by atoms with Crippen LogP contribution in [0.4, 0.5) is 5.82 Å². The maximum absolute atomic E-state index is 4.98. The van der Waals surface area contributed by atoms with E-state index in [1.165, 1.54) is 0 Å². The third-order valence-corrected chi connectivity index (χ3v) is 5.33.